The number of ether oxygens (including phenoxy) is 1. The second kappa shape index (κ2) is 9.42. The number of esters is 1. The van der Waals surface area contributed by atoms with Crippen molar-refractivity contribution in [3.63, 3.8) is 0 Å². The fourth-order valence-corrected chi connectivity index (χ4v) is 5.75. The van der Waals surface area contributed by atoms with Crippen LogP contribution in [0.3, 0.4) is 0 Å². The molecule has 2 saturated carbocycles. The Bertz CT molecular complexity index is 402. The van der Waals surface area contributed by atoms with Crippen LogP contribution >= 0.6 is 0 Å². The highest BCUT2D eigenvalue weighted by atomic mass is 16.5. The Morgan fingerprint density at radius 1 is 0.800 bits per heavy atom. The van der Waals surface area contributed by atoms with Crippen molar-refractivity contribution in [2.45, 2.75) is 110 Å². The fraction of sp³-hybridized carbons (Fsp3) is 0.957. The van der Waals surface area contributed by atoms with Crippen LogP contribution < -0.4 is 0 Å². The van der Waals surface area contributed by atoms with Crippen LogP contribution in [0.15, 0.2) is 0 Å². The summed E-state index contributed by atoms with van der Waals surface area (Å²) in [5.74, 6) is 3.71. The lowest BCUT2D eigenvalue weighted by Crippen LogP contribution is -2.36. The lowest BCUT2D eigenvalue weighted by molar-refractivity contribution is -0.164. The van der Waals surface area contributed by atoms with Crippen LogP contribution in [-0.2, 0) is 9.53 Å². The molecule has 0 amide bonds. The highest BCUT2D eigenvalue weighted by Gasteiger charge is 2.37. The zero-order valence-corrected chi connectivity index (χ0v) is 16.7. The van der Waals surface area contributed by atoms with Crippen LogP contribution in [-0.4, -0.2) is 12.1 Å². The third kappa shape index (κ3) is 5.47. The van der Waals surface area contributed by atoms with Crippen LogP contribution in [0.2, 0.25) is 0 Å². The first-order valence-electron chi connectivity index (χ1n) is 11.4. The first-order valence-corrected chi connectivity index (χ1v) is 11.4. The molecule has 0 bridgehead atoms. The summed E-state index contributed by atoms with van der Waals surface area (Å²) in [5, 5.41) is 0. The van der Waals surface area contributed by atoms with Gasteiger partial charge < -0.3 is 4.74 Å². The number of carbonyl (C=O) groups excluding carboxylic acids is 1. The molecule has 1 aliphatic heterocycles. The topological polar surface area (TPSA) is 26.3 Å². The van der Waals surface area contributed by atoms with E-state index >= 15 is 0 Å². The average Bonchev–Trinajstić information content (AvgIpc) is 2.62. The maximum absolute atomic E-state index is 12.5. The van der Waals surface area contributed by atoms with Crippen molar-refractivity contribution in [1.82, 2.24) is 0 Å². The molecule has 0 aromatic rings. The molecule has 3 fully saturated rings. The number of hydrogen-bond donors (Lipinski definition) is 0. The van der Waals surface area contributed by atoms with Crippen molar-refractivity contribution in [1.29, 1.82) is 0 Å². The second-order valence-electron chi connectivity index (χ2n) is 9.52. The quantitative estimate of drug-likeness (QED) is 0.511. The smallest absolute Gasteiger partial charge is 0.309 e. The summed E-state index contributed by atoms with van der Waals surface area (Å²) < 4.78 is 5.89. The van der Waals surface area contributed by atoms with Crippen molar-refractivity contribution >= 4 is 5.97 Å². The molecule has 0 N–H and O–H groups in total. The first-order chi connectivity index (χ1) is 12.2. The maximum atomic E-state index is 12.5. The summed E-state index contributed by atoms with van der Waals surface area (Å²) >= 11 is 0. The summed E-state index contributed by atoms with van der Waals surface area (Å²) in [6.45, 7) is 4.66. The summed E-state index contributed by atoms with van der Waals surface area (Å²) in [6.07, 6.45) is 18.4. The average molecular weight is 349 g/mol. The first kappa shape index (κ1) is 19.2. The van der Waals surface area contributed by atoms with Gasteiger partial charge in [0.1, 0.15) is 6.10 Å². The summed E-state index contributed by atoms with van der Waals surface area (Å²) in [7, 11) is 0. The Kier molecular flexibility index (Phi) is 7.25. The van der Waals surface area contributed by atoms with E-state index in [0.717, 1.165) is 37.0 Å². The molecule has 2 atom stereocenters. The van der Waals surface area contributed by atoms with Gasteiger partial charge in [-0.15, -0.1) is 0 Å². The Balaban J connectivity index is 1.35. The van der Waals surface area contributed by atoms with E-state index in [1.54, 1.807) is 0 Å². The van der Waals surface area contributed by atoms with Crippen molar-refractivity contribution in [3.05, 3.63) is 0 Å². The van der Waals surface area contributed by atoms with Crippen LogP contribution in [0.1, 0.15) is 104 Å². The van der Waals surface area contributed by atoms with Gasteiger partial charge in [-0.2, -0.15) is 0 Å². The molecule has 0 aromatic heterocycles. The molecule has 0 spiro atoms. The van der Waals surface area contributed by atoms with E-state index in [1.807, 2.05) is 0 Å². The summed E-state index contributed by atoms with van der Waals surface area (Å²) in [5.41, 5.74) is 0. The van der Waals surface area contributed by atoms with E-state index in [-0.39, 0.29) is 18.0 Å². The molecule has 0 aromatic carbocycles. The molecule has 3 aliphatic rings. The molecule has 3 rings (SSSR count). The maximum Gasteiger partial charge on any atom is 0.309 e. The minimum absolute atomic E-state index is 0.141. The van der Waals surface area contributed by atoms with Gasteiger partial charge in [0, 0.05) is 0 Å². The number of carbonyl (C=O) groups is 1. The van der Waals surface area contributed by atoms with E-state index < -0.39 is 0 Å². The van der Waals surface area contributed by atoms with Crippen LogP contribution in [0.5, 0.6) is 0 Å². The molecular formula is C23H40O2. The third-order valence-corrected chi connectivity index (χ3v) is 7.57. The number of rotatable bonds is 6. The molecule has 0 radical (unpaired) electrons. The van der Waals surface area contributed by atoms with E-state index in [4.69, 9.17) is 4.74 Å². The van der Waals surface area contributed by atoms with E-state index in [9.17, 15) is 4.79 Å². The molecule has 1 saturated heterocycles. The molecular weight excluding hydrogens is 308 g/mol. The van der Waals surface area contributed by atoms with Gasteiger partial charge in [-0.3, -0.25) is 4.79 Å². The molecule has 2 unspecified atom stereocenters. The molecule has 2 heteroatoms. The Morgan fingerprint density at radius 3 is 2.04 bits per heavy atom. The van der Waals surface area contributed by atoms with E-state index in [2.05, 4.69) is 13.8 Å². The van der Waals surface area contributed by atoms with Gasteiger partial charge >= 0.3 is 5.97 Å². The zero-order valence-electron chi connectivity index (χ0n) is 16.7. The van der Waals surface area contributed by atoms with Gasteiger partial charge in [-0.1, -0.05) is 65.2 Å². The molecule has 1 heterocycles. The summed E-state index contributed by atoms with van der Waals surface area (Å²) in [6, 6.07) is 0. The lowest BCUT2D eigenvalue weighted by atomic mass is 9.73. The van der Waals surface area contributed by atoms with Crippen LogP contribution in [0, 0.1) is 29.6 Å². The number of hydrogen-bond acceptors (Lipinski definition) is 2. The van der Waals surface area contributed by atoms with Gasteiger partial charge in [-0.25, -0.2) is 0 Å². The minimum Gasteiger partial charge on any atom is -0.462 e. The predicted octanol–water partition coefficient (Wildman–Crippen LogP) is 6.52. The van der Waals surface area contributed by atoms with Crippen LogP contribution in [0.4, 0.5) is 0 Å². The van der Waals surface area contributed by atoms with E-state index in [0.29, 0.717) is 5.92 Å². The standard InChI is InChI=1S/C23H40O2/c1-3-4-18-7-9-19(10-8-18)11-14-21-15-16-22(23(24)25-21)20-12-5-17(2)6-13-20/h17-22H,3-16H2,1-2H3. The minimum atomic E-state index is 0.141. The SMILES string of the molecule is CCCC1CCC(CCC2CCC(C3CCC(C)CC3)C(=O)O2)CC1. The Labute approximate surface area is 155 Å². The van der Waals surface area contributed by atoms with Crippen molar-refractivity contribution in [2.75, 3.05) is 0 Å². The Hall–Kier alpha value is -0.530. The zero-order chi connectivity index (χ0) is 17.6. The van der Waals surface area contributed by atoms with Crippen LogP contribution in [0.25, 0.3) is 0 Å². The van der Waals surface area contributed by atoms with Crippen molar-refractivity contribution in [3.8, 4) is 0 Å². The largest absolute Gasteiger partial charge is 0.462 e. The van der Waals surface area contributed by atoms with E-state index in [1.165, 1.54) is 70.6 Å². The lowest BCUT2D eigenvalue weighted by Gasteiger charge is -2.36. The van der Waals surface area contributed by atoms with Gasteiger partial charge in [0.15, 0.2) is 0 Å². The van der Waals surface area contributed by atoms with Crippen molar-refractivity contribution < 1.29 is 9.53 Å². The summed E-state index contributed by atoms with van der Waals surface area (Å²) in [4.78, 5) is 12.5. The second-order valence-corrected chi connectivity index (χ2v) is 9.52. The van der Waals surface area contributed by atoms with Gasteiger partial charge in [0.25, 0.3) is 0 Å². The van der Waals surface area contributed by atoms with Gasteiger partial charge in [0.05, 0.1) is 5.92 Å². The van der Waals surface area contributed by atoms with Gasteiger partial charge in [-0.05, 0) is 62.2 Å². The van der Waals surface area contributed by atoms with Gasteiger partial charge in [0.2, 0.25) is 0 Å². The fourth-order valence-electron chi connectivity index (χ4n) is 5.75. The molecule has 2 nitrogen and oxygen atoms in total. The number of cyclic esters (lactones) is 1. The van der Waals surface area contributed by atoms with Crippen molar-refractivity contribution in [2.24, 2.45) is 29.6 Å². The molecule has 25 heavy (non-hydrogen) atoms. The molecule has 2 aliphatic carbocycles. The Morgan fingerprint density at radius 2 is 1.44 bits per heavy atom. The normalized spacial score (nSPS) is 39.8. The third-order valence-electron chi connectivity index (χ3n) is 7.57. The predicted molar refractivity (Wildman–Crippen MR) is 103 cm³/mol. The molecule has 144 valence electrons. The monoisotopic (exact) mass is 348 g/mol. The highest BCUT2D eigenvalue weighted by molar-refractivity contribution is 5.73. The highest BCUT2D eigenvalue weighted by Crippen LogP contribution is 2.39.